The summed E-state index contributed by atoms with van der Waals surface area (Å²) in [6, 6.07) is 20.0. The second-order valence-electron chi connectivity index (χ2n) is 5.50. The average Bonchev–Trinajstić information content (AvgIpc) is 2.68. The first-order valence-electron chi connectivity index (χ1n) is 7.65. The van der Waals surface area contributed by atoms with Crippen molar-refractivity contribution in [2.45, 2.75) is 11.8 Å². The van der Waals surface area contributed by atoms with Crippen LogP contribution in [0.25, 0.3) is 0 Å². The molecular formula is C20H17N3O. The number of nitriles is 1. The third-order valence-corrected chi connectivity index (χ3v) is 4.09. The summed E-state index contributed by atoms with van der Waals surface area (Å²) in [5.41, 5.74) is 1.70. The molecule has 0 N–H and O–H groups in total. The molecule has 0 saturated carbocycles. The first kappa shape index (κ1) is 15.7. The molecule has 0 bridgehead atoms. The Kier molecular flexibility index (Phi) is 4.53. The largest absolute Gasteiger partial charge is 0.497 e. The van der Waals surface area contributed by atoms with Gasteiger partial charge >= 0.3 is 0 Å². The topological polar surface area (TPSA) is 58.8 Å². The summed E-state index contributed by atoms with van der Waals surface area (Å²) >= 11 is 0. The fourth-order valence-corrected chi connectivity index (χ4v) is 2.79. The lowest BCUT2D eigenvalue weighted by Gasteiger charge is -2.26. The zero-order valence-corrected chi connectivity index (χ0v) is 13.4. The van der Waals surface area contributed by atoms with Crippen LogP contribution in [0.15, 0.2) is 73.2 Å². The van der Waals surface area contributed by atoms with Crippen molar-refractivity contribution in [1.29, 1.82) is 5.26 Å². The second-order valence-corrected chi connectivity index (χ2v) is 5.50. The molecule has 2 aromatic carbocycles. The Morgan fingerprint density at radius 3 is 2.38 bits per heavy atom. The maximum absolute atomic E-state index is 10.1. The summed E-state index contributed by atoms with van der Waals surface area (Å²) in [7, 11) is 1.64. The van der Waals surface area contributed by atoms with Gasteiger partial charge in [-0.05, 0) is 23.3 Å². The molecule has 0 saturated heterocycles. The lowest BCUT2D eigenvalue weighted by atomic mass is 9.74. The molecule has 0 radical (unpaired) electrons. The van der Waals surface area contributed by atoms with Crippen molar-refractivity contribution in [3.05, 3.63) is 90.0 Å². The third-order valence-electron chi connectivity index (χ3n) is 4.09. The number of benzene rings is 2. The van der Waals surface area contributed by atoms with Crippen molar-refractivity contribution in [3.8, 4) is 11.8 Å². The van der Waals surface area contributed by atoms with Gasteiger partial charge in [-0.1, -0.05) is 42.5 Å². The maximum Gasteiger partial charge on any atom is 0.130 e. The van der Waals surface area contributed by atoms with Gasteiger partial charge in [-0.15, -0.1) is 0 Å². The first-order valence-corrected chi connectivity index (χ1v) is 7.65. The van der Waals surface area contributed by atoms with E-state index in [9.17, 15) is 5.26 Å². The SMILES string of the molecule is COc1ccc(CC(C#N)(c2ccccc2)c2cnccn2)cc1. The number of rotatable bonds is 5. The smallest absolute Gasteiger partial charge is 0.130 e. The molecule has 1 heterocycles. The van der Waals surface area contributed by atoms with Crippen molar-refractivity contribution in [2.75, 3.05) is 7.11 Å². The summed E-state index contributed by atoms with van der Waals surface area (Å²) < 4.78 is 5.21. The molecule has 24 heavy (non-hydrogen) atoms. The highest BCUT2D eigenvalue weighted by molar-refractivity contribution is 5.45. The van der Waals surface area contributed by atoms with E-state index in [2.05, 4.69) is 16.0 Å². The van der Waals surface area contributed by atoms with Gasteiger partial charge in [-0.25, -0.2) is 0 Å². The third kappa shape index (κ3) is 2.97. The van der Waals surface area contributed by atoms with E-state index in [1.807, 2.05) is 54.6 Å². The van der Waals surface area contributed by atoms with E-state index in [-0.39, 0.29) is 0 Å². The van der Waals surface area contributed by atoms with Crippen LogP contribution in [0.1, 0.15) is 16.8 Å². The van der Waals surface area contributed by atoms with Crippen molar-refractivity contribution in [2.24, 2.45) is 0 Å². The van der Waals surface area contributed by atoms with Gasteiger partial charge in [-0.3, -0.25) is 9.97 Å². The molecule has 0 spiro atoms. The van der Waals surface area contributed by atoms with Gasteiger partial charge in [0.15, 0.2) is 0 Å². The summed E-state index contributed by atoms with van der Waals surface area (Å²) in [6.07, 6.45) is 5.42. The van der Waals surface area contributed by atoms with E-state index < -0.39 is 5.41 Å². The molecule has 0 fully saturated rings. The molecule has 1 aromatic heterocycles. The minimum absolute atomic E-state index is 0.510. The van der Waals surface area contributed by atoms with E-state index in [4.69, 9.17) is 4.74 Å². The summed E-state index contributed by atoms with van der Waals surface area (Å²) in [5, 5.41) is 10.1. The van der Waals surface area contributed by atoms with Crippen LogP contribution >= 0.6 is 0 Å². The molecule has 3 rings (SSSR count). The van der Waals surface area contributed by atoms with Gasteiger partial charge in [0.2, 0.25) is 0 Å². The zero-order valence-electron chi connectivity index (χ0n) is 13.4. The minimum atomic E-state index is -0.885. The molecule has 3 aromatic rings. The summed E-state index contributed by atoms with van der Waals surface area (Å²) in [6.45, 7) is 0. The Bertz CT molecular complexity index is 785. The standard InChI is InChI=1S/C20H17N3O/c1-24-18-9-7-16(8-10-18)13-20(15-21,17-5-3-2-4-6-17)19-14-22-11-12-23-19/h2-12,14H,13H2,1H3. The highest BCUT2D eigenvalue weighted by Gasteiger charge is 2.36. The van der Waals surface area contributed by atoms with Crippen LogP contribution in [-0.2, 0) is 11.8 Å². The van der Waals surface area contributed by atoms with Gasteiger partial charge < -0.3 is 4.74 Å². The van der Waals surface area contributed by atoms with Crippen molar-refractivity contribution in [1.82, 2.24) is 9.97 Å². The van der Waals surface area contributed by atoms with Gasteiger partial charge in [0.1, 0.15) is 11.2 Å². The monoisotopic (exact) mass is 315 g/mol. The normalized spacial score (nSPS) is 12.8. The molecule has 1 unspecified atom stereocenters. The van der Waals surface area contributed by atoms with Crippen LogP contribution < -0.4 is 4.74 Å². The predicted octanol–water partition coefficient (Wildman–Crippen LogP) is 3.54. The second kappa shape index (κ2) is 6.93. The number of hydrogen-bond donors (Lipinski definition) is 0. The quantitative estimate of drug-likeness (QED) is 0.722. The number of ether oxygens (including phenoxy) is 1. The zero-order chi connectivity index (χ0) is 16.8. The molecule has 1 atom stereocenters. The fraction of sp³-hybridized carbons (Fsp3) is 0.150. The molecule has 0 amide bonds. The number of nitrogens with zero attached hydrogens (tertiary/aromatic N) is 3. The highest BCUT2D eigenvalue weighted by Crippen LogP contribution is 2.34. The van der Waals surface area contributed by atoms with Crippen LogP contribution in [0.2, 0.25) is 0 Å². The van der Waals surface area contributed by atoms with E-state index in [1.165, 1.54) is 0 Å². The predicted molar refractivity (Wildman–Crippen MR) is 91.6 cm³/mol. The van der Waals surface area contributed by atoms with E-state index >= 15 is 0 Å². The molecule has 118 valence electrons. The number of hydrogen-bond acceptors (Lipinski definition) is 4. The van der Waals surface area contributed by atoms with Crippen LogP contribution in [0.4, 0.5) is 0 Å². The Morgan fingerprint density at radius 2 is 1.79 bits per heavy atom. The Labute approximate surface area is 141 Å². The van der Waals surface area contributed by atoms with Gasteiger partial charge in [0.25, 0.3) is 0 Å². The van der Waals surface area contributed by atoms with Crippen molar-refractivity contribution < 1.29 is 4.74 Å². The molecule has 0 aliphatic carbocycles. The van der Waals surface area contributed by atoms with Crippen molar-refractivity contribution >= 4 is 0 Å². The molecule has 0 aliphatic heterocycles. The molecule has 0 aliphatic rings. The Balaban J connectivity index is 2.09. The number of aromatic nitrogens is 2. The molecular weight excluding hydrogens is 298 g/mol. The van der Waals surface area contributed by atoms with E-state index in [0.717, 1.165) is 16.9 Å². The lowest BCUT2D eigenvalue weighted by Crippen LogP contribution is -2.30. The number of methoxy groups -OCH3 is 1. The van der Waals surface area contributed by atoms with E-state index in [1.54, 1.807) is 25.7 Å². The molecule has 4 heteroatoms. The van der Waals surface area contributed by atoms with Crippen LogP contribution in [0.3, 0.4) is 0 Å². The molecule has 4 nitrogen and oxygen atoms in total. The highest BCUT2D eigenvalue weighted by atomic mass is 16.5. The van der Waals surface area contributed by atoms with Crippen molar-refractivity contribution in [3.63, 3.8) is 0 Å². The summed E-state index contributed by atoms with van der Waals surface area (Å²) in [5.74, 6) is 0.792. The van der Waals surface area contributed by atoms with Crippen LogP contribution in [0, 0.1) is 11.3 Å². The lowest BCUT2D eigenvalue weighted by molar-refractivity contribution is 0.414. The summed E-state index contributed by atoms with van der Waals surface area (Å²) in [4.78, 5) is 8.58. The van der Waals surface area contributed by atoms with Gasteiger partial charge in [0.05, 0.1) is 25.1 Å². The van der Waals surface area contributed by atoms with Gasteiger partial charge in [0, 0.05) is 18.8 Å². The van der Waals surface area contributed by atoms with E-state index in [0.29, 0.717) is 12.1 Å². The fourth-order valence-electron chi connectivity index (χ4n) is 2.79. The minimum Gasteiger partial charge on any atom is -0.497 e. The van der Waals surface area contributed by atoms with Gasteiger partial charge in [-0.2, -0.15) is 5.26 Å². The Morgan fingerprint density at radius 1 is 1.04 bits per heavy atom. The van der Waals surface area contributed by atoms with Crippen LogP contribution in [0.5, 0.6) is 5.75 Å². The van der Waals surface area contributed by atoms with Crippen LogP contribution in [-0.4, -0.2) is 17.1 Å². The Hall–Kier alpha value is -3.19. The maximum atomic E-state index is 10.1. The first-order chi connectivity index (χ1) is 11.8. The average molecular weight is 315 g/mol.